The van der Waals surface area contributed by atoms with Crippen molar-refractivity contribution in [3.05, 3.63) is 47.9 Å². The zero-order valence-electron chi connectivity index (χ0n) is 15.8. The van der Waals surface area contributed by atoms with E-state index in [0.29, 0.717) is 5.56 Å². The van der Waals surface area contributed by atoms with Crippen molar-refractivity contribution in [2.24, 2.45) is 0 Å². The molecule has 156 valence electrons. The molecule has 8 nitrogen and oxygen atoms in total. The van der Waals surface area contributed by atoms with Crippen molar-refractivity contribution in [3.63, 3.8) is 0 Å². The lowest BCUT2D eigenvalue weighted by molar-refractivity contribution is -0.141. The number of anilines is 1. The molecule has 2 heterocycles. The van der Waals surface area contributed by atoms with Gasteiger partial charge in [-0.3, -0.25) is 0 Å². The van der Waals surface area contributed by atoms with Crippen LogP contribution >= 0.6 is 0 Å². The topological polar surface area (TPSA) is 92.5 Å². The highest BCUT2D eigenvalue weighted by Crippen LogP contribution is 2.29. The van der Waals surface area contributed by atoms with Crippen molar-refractivity contribution < 1.29 is 21.6 Å². The zero-order valence-corrected chi connectivity index (χ0v) is 16.7. The minimum atomic E-state index is -4.62. The molecule has 0 fully saturated rings. The molecule has 0 aliphatic heterocycles. The van der Waals surface area contributed by atoms with Gasteiger partial charge in [0, 0.05) is 25.7 Å². The van der Waals surface area contributed by atoms with Crippen LogP contribution < -0.4 is 5.32 Å². The zero-order chi connectivity index (χ0) is 21.4. The number of fused-ring (bicyclic) bond motifs is 1. The fourth-order valence-electron chi connectivity index (χ4n) is 2.50. The van der Waals surface area contributed by atoms with E-state index in [1.807, 2.05) is 0 Å². The summed E-state index contributed by atoms with van der Waals surface area (Å²) in [5.41, 5.74) is -0.409. The van der Waals surface area contributed by atoms with Crippen molar-refractivity contribution in [2.75, 3.05) is 12.4 Å². The van der Waals surface area contributed by atoms with E-state index < -0.39 is 21.9 Å². The maximum absolute atomic E-state index is 13.0. The standard InChI is InChI=1S/C17H19F3N6O2S/c1-11(2)25(3)29(27,28)13-6-4-12(5-7-13)9-21-15-8-14(17(18,19)20)24-16-22-10-23-26(15)16/h4-8,10-11,21H,9H2,1-3H3. The summed E-state index contributed by atoms with van der Waals surface area (Å²) in [6, 6.07) is 6.77. The van der Waals surface area contributed by atoms with Crippen LogP contribution in [0.3, 0.4) is 0 Å². The van der Waals surface area contributed by atoms with Crippen LogP contribution in [0.1, 0.15) is 25.1 Å². The largest absolute Gasteiger partial charge is 0.433 e. The highest BCUT2D eigenvalue weighted by molar-refractivity contribution is 7.89. The number of nitrogens with zero attached hydrogens (tertiary/aromatic N) is 5. The number of halogens is 3. The molecule has 0 saturated heterocycles. The molecule has 3 aromatic rings. The van der Waals surface area contributed by atoms with Crippen molar-refractivity contribution >= 4 is 21.6 Å². The first-order valence-electron chi connectivity index (χ1n) is 8.59. The van der Waals surface area contributed by atoms with E-state index in [4.69, 9.17) is 0 Å². The second-order valence-corrected chi connectivity index (χ2v) is 8.61. The molecule has 12 heteroatoms. The molecule has 0 aliphatic carbocycles. The first-order chi connectivity index (χ1) is 13.5. The average molecular weight is 428 g/mol. The molecule has 1 aromatic carbocycles. The summed E-state index contributed by atoms with van der Waals surface area (Å²) in [4.78, 5) is 7.29. The molecule has 1 N–H and O–H groups in total. The lowest BCUT2D eigenvalue weighted by Gasteiger charge is -2.21. The fraction of sp³-hybridized carbons (Fsp3) is 0.353. The molecule has 0 unspecified atom stereocenters. The van der Waals surface area contributed by atoms with Gasteiger partial charge in [0.05, 0.1) is 4.90 Å². The monoisotopic (exact) mass is 428 g/mol. The van der Waals surface area contributed by atoms with Gasteiger partial charge in [0.2, 0.25) is 10.0 Å². The Bertz CT molecular complexity index is 1110. The SMILES string of the molecule is CC(C)N(C)S(=O)(=O)c1ccc(CNc2cc(C(F)(F)F)nc3ncnn23)cc1. The number of alkyl halides is 3. The number of sulfonamides is 1. The van der Waals surface area contributed by atoms with E-state index in [1.54, 1.807) is 26.0 Å². The molecule has 0 radical (unpaired) electrons. The average Bonchev–Trinajstić information content (AvgIpc) is 3.13. The summed E-state index contributed by atoms with van der Waals surface area (Å²) in [7, 11) is -2.11. The number of nitrogens with one attached hydrogen (secondary N) is 1. The summed E-state index contributed by atoms with van der Waals surface area (Å²) in [6.07, 6.45) is -3.51. The first kappa shape index (κ1) is 21.0. The second-order valence-electron chi connectivity index (χ2n) is 6.61. The van der Waals surface area contributed by atoms with Gasteiger partial charge >= 0.3 is 6.18 Å². The van der Waals surface area contributed by atoms with Gasteiger partial charge in [0.25, 0.3) is 5.78 Å². The Morgan fingerprint density at radius 1 is 1.21 bits per heavy atom. The van der Waals surface area contributed by atoms with Gasteiger partial charge in [-0.1, -0.05) is 12.1 Å². The lowest BCUT2D eigenvalue weighted by Crippen LogP contribution is -2.33. The van der Waals surface area contributed by atoms with Crippen LogP contribution in [0, 0.1) is 0 Å². The number of aromatic nitrogens is 4. The van der Waals surface area contributed by atoms with Crippen molar-refractivity contribution in [1.82, 2.24) is 23.9 Å². The van der Waals surface area contributed by atoms with Crippen LogP contribution in [0.5, 0.6) is 0 Å². The summed E-state index contributed by atoms with van der Waals surface area (Å²) in [6.45, 7) is 3.69. The summed E-state index contributed by atoms with van der Waals surface area (Å²) in [5, 5.41) is 6.73. The minimum absolute atomic E-state index is 0.0658. The predicted octanol–water partition coefficient (Wildman–Crippen LogP) is 2.78. The van der Waals surface area contributed by atoms with Crippen molar-refractivity contribution in [1.29, 1.82) is 0 Å². The molecule has 0 saturated carbocycles. The quantitative estimate of drug-likeness (QED) is 0.649. The van der Waals surface area contributed by atoms with Gasteiger partial charge in [-0.05, 0) is 31.5 Å². The Labute approximate surface area is 165 Å². The molecule has 0 amide bonds. The first-order valence-corrected chi connectivity index (χ1v) is 10.0. The summed E-state index contributed by atoms with van der Waals surface area (Å²) in [5.74, 6) is -0.114. The van der Waals surface area contributed by atoms with Gasteiger partial charge in [0.15, 0.2) is 5.69 Å². The van der Waals surface area contributed by atoms with Crippen molar-refractivity contribution in [3.8, 4) is 0 Å². The number of hydrogen-bond donors (Lipinski definition) is 1. The van der Waals surface area contributed by atoms with Gasteiger partial charge in [-0.25, -0.2) is 13.4 Å². The molecule has 0 spiro atoms. The van der Waals surface area contributed by atoms with Crippen molar-refractivity contribution in [2.45, 2.75) is 37.5 Å². The van der Waals surface area contributed by atoms with Gasteiger partial charge in [-0.2, -0.15) is 32.1 Å². The fourth-order valence-corrected chi connectivity index (χ4v) is 3.87. The molecular formula is C17H19F3N6O2S. The van der Waals surface area contributed by atoms with Crippen LogP contribution in [0.25, 0.3) is 5.78 Å². The Kier molecular flexibility index (Phi) is 5.50. The molecular weight excluding hydrogens is 409 g/mol. The highest BCUT2D eigenvalue weighted by Gasteiger charge is 2.34. The Balaban J connectivity index is 1.81. The number of rotatable bonds is 6. The van der Waals surface area contributed by atoms with Gasteiger partial charge in [-0.15, -0.1) is 0 Å². The smallest absolute Gasteiger partial charge is 0.366 e. The lowest BCUT2D eigenvalue weighted by atomic mass is 10.2. The third-order valence-electron chi connectivity index (χ3n) is 4.34. The maximum Gasteiger partial charge on any atom is 0.433 e. The minimum Gasteiger partial charge on any atom is -0.366 e. The van der Waals surface area contributed by atoms with Crippen LogP contribution in [0.4, 0.5) is 19.0 Å². The third kappa shape index (κ3) is 4.32. The van der Waals surface area contributed by atoms with Crippen LogP contribution in [-0.4, -0.2) is 45.4 Å². The van der Waals surface area contributed by atoms with E-state index >= 15 is 0 Å². The molecule has 3 rings (SSSR count). The van der Waals surface area contributed by atoms with Gasteiger partial charge < -0.3 is 5.32 Å². The third-order valence-corrected chi connectivity index (χ3v) is 6.39. The normalized spacial score (nSPS) is 12.8. The highest BCUT2D eigenvalue weighted by atomic mass is 32.2. The molecule has 29 heavy (non-hydrogen) atoms. The Morgan fingerprint density at radius 2 is 1.86 bits per heavy atom. The second kappa shape index (κ2) is 7.59. The van der Waals surface area contributed by atoms with E-state index in [9.17, 15) is 21.6 Å². The van der Waals surface area contributed by atoms with E-state index in [-0.39, 0.29) is 29.1 Å². The molecule has 0 aliphatic rings. The van der Waals surface area contributed by atoms with Crippen LogP contribution in [0.15, 0.2) is 41.6 Å². The summed E-state index contributed by atoms with van der Waals surface area (Å²) < 4.78 is 66.5. The molecule has 2 aromatic heterocycles. The summed E-state index contributed by atoms with van der Waals surface area (Å²) >= 11 is 0. The van der Waals surface area contributed by atoms with E-state index in [0.717, 1.165) is 16.9 Å². The van der Waals surface area contributed by atoms with E-state index in [2.05, 4.69) is 20.4 Å². The van der Waals surface area contributed by atoms with Crippen LogP contribution in [0.2, 0.25) is 0 Å². The van der Waals surface area contributed by atoms with Gasteiger partial charge in [0.1, 0.15) is 12.1 Å². The molecule has 0 atom stereocenters. The number of benzene rings is 1. The maximum atomic E-state index is 13.0. The Morgan fingerprint density at radius 3 is 2.45 bits per heavy atom. The van der Waals surface area contributed by atoms with E-state index in [1.165, 1.54) is 23.5 Å². The predicted molar refractivity (Wildman–Crippen MR) is 99.6 cm³/mol. The van der Waals surface area contributed by atoms with Crippen LogP contribution in [-0.2, 0) is 22.7 Å². The molecule has 0 bridgehead atoms. The number of hydrogen-bond acceptors (Lipinski definition) is 6. The Hall–Kier alpha value is -2.73.